The molecule has 138 valence electrons. The van der Waals surface area contributed by atoms with E-state index in [-0.39, 0.29) is 25.1 Å². The average molecular weight is 349 g/mol. The predicted molar refractivity (Wildman–Crippen MR) is 94.7 cm³/mol. The van der Waals surface area contributed by atoms with Gasteiger partial charge >= 0.3 is 0 Å². The molecule has 7 heteroatoms. The lowest BCUT2D eigenvalue weighted by atomic mass is 10.0. The number of benzene rings is 1. The molecule has 0 aliphatic heterocycles. The van der Waals surface area contributed by atoms with Crippen molar-refractivity contribution < 1.29 is 19.5 Å². The first-order valence-electron chi connectivity index (χ1n) is 8.47. The Kier molecular flexibility index (Phi) is 9.24. The van der Waals surface area contributed by atoms with Gasteiger partial charge in [0.2, 0.25) is 17.7 Å². The fourth-order valence-corrected chi connectivity index (χ4v) is 2.21. The van der Waals surface area contributed by atoms with Crippen molar-refractivity contribution >= 4 is 17.7 Å². The Hall–Kier alpha value is -2.41. The number of aliphatic hydroxyl groups is 1. The summed E-state index contributed by atoms with van der Waals surface area (Å²) in [6, 6.07) is 8.23. The quantitative estimate of drug-likeness (QED) is 0.481. The van der Waals surface area contributed by atoms with E-state index in [2.05, 4.69) is 16.0 Å². The van der Waals surface area contributed by atoms with Gasteiger partial charge < -0.3 is 21.1 Å². The van der Waals surface area contributed by atoms with E-state index in [1.165, 1.54) is 0 Å². The van der Waals surface area contributed by atoms with Crippen LogP contribution in [0.1, 0.15) is 32.3 Å². The molecule has 1 rings (SSSR count). The molecule has 0 aliphatic rings. The minimum Gasteiger partial charge on any atom is -0.394 e. The number of carbonyl (C=O) groups excluding carboxylic acids is 3. The van der Waals surface area contributed by atoms with Gasteiger partial charge in [0.15, 0.2) is 0 Å². The normalized spacial score (nSPS) is 12.8. The van der Waals surface area contributed by atoms with Crippen LogP contribution in [0, 0.1) is 0 Å². The molecule has 0 saturated heterocycles. The second kappa shape index (κ2) is 11.2. The molecular weight excluding hydrogens is 322 g/mol. The summed E-state index contributed by atoms with van der Waals surface area (Å²) in [5.41, 5.74) is 0.915. The van der Waals surface area contributed by atoms with Gasteiger partial charge in [-0.15, -0.1) is 0 Å². The number of nitrogens with one attached hydrogen (secondary N) is 3. The largest absolute Gasteiger partial charge is 0.394 e. The van der Waals surface area contributed by atoms with E-state index >= 15 is 0 Å². The number of hydrogen-bond acceptors (Lipinski definition) is 4. The zero-order valence-corrected chi connectivity index (χ0v) is 14.7. The first-order chi connectivity index (χ1) is 12.0. The van der Waals surface area contributed by atoms with E-state index in [0.29, 0.717) is 19.3 Å². The fourth-order valence-electron chi connectivity index (χ4n) is 2.21. The highest BCUT2D eigenvalue weighted by atomic mass is 16.3. The summed E-state index contributed by atoms with van der Waals surface area (Å²) in [6.07, 6.45) is 1.37. The zero-order valence-electron chi connectivity index (χ0n) is 14.7. The Bertz CT molecular complexity index is 563. The summed E-state index contributed by atoms with van der Waals surface area (Å²) in [6.45, 7) is 3.16. The van der Waals surface area contributed by atoms with Crippen molar-refractivity contribution in [2.24, 2.45) is 0 Å². The number of rotatable bonds is 10. The zero-order chi connectivity index (χ0) is 18.7. The molecular formula is C18H27N3O4. The molecule has 0 fully saturated rings. The topological polar surface area (TPSA) is 108 Å². The summed E-state index contributed by atoms with van der Waals surface area (Å²) in [5, 5.41) is 16.7. The Labute approximate surface area is 148 Å². The van der Waals surface area contributed by atoms with Gasteiger partial charge in [-0.2, -0.15) is 0 Å². The second-order valence-electron chi connectivity index (χ2n) is 5.93. The lowest BCUT2D eigenvalue weighted by Gasteiger charge is -2.19. The summed E-state index contributed by atoms with van der Waals surface area (Å²) in [5.74, 6) is -1.01. The molecule has 2 unspecified atom stereocenters. The first kappa shape index (κ1) is 20.6. The van der Waals surface area contributed by atoms with Crippen LogP contribution in [0.5, 0.6) is 0 Å². The van der Waals surface area contributed by atoms with Crippen LogP contribution in [0.3, 0.4) is 0 Å². The van der Waals surface area contributed by atoms with Gasteiger partial charge in [-0.25, -0.2) is 0 Å². The van der Waals surface area contributed by atoms with Crippen molar-refractivity contribution in [3.05, 3.63) is 35.9 Å². The van der Waals surface area contributed by atoms with Crippen molar-refractivity contribution in [3.63, 3.8) is 0 Å². The van der Waals surface area contributed by atoms with E-state index in [1.54, 1.807) is 6.92 Å². The highest BCUT2D eigenvalue weighted by Gasteiger charge is 2.21. The standard InChI is InChI=1S/C18H27N3O4/c1-3-7-16(23)21-15(10-14-8-5-4-6-9-14)18(25)19-11-17(24)20-13(2)12-22/h4-6,8-9,13,15,22H,3,7,10-12H2,1-2H3,(H,19,25)(H,20,24)(H,21,23). The number of carbonyl (C=O) groups is 3. The molecule has 0 radical (unpaired) electrons. The molecule has 4 N–H and O–H groups in total. The summed E-state index contributed by atoms with van der Waals surface area (Å²) in [7, 11) is 0. The Balaban J connectivity index is 2.65. The van der Waals surface area contributed by atoms with E-state index in [0.717, 1.165) is 5.56 Å². The van der Waals surface area contributed by atoms with E-state index in [4.69, 9.17) is 5.11 Å². The maximum absolute atomic E-state index is 12.4. The molecule has 25 heavy (non-hydrogen) atoms. The van der Waals surface area contributed by atoms with Crippen LogP contribution in [0.25, 0.3) is 0 Å². The van der Waals surface area contributed by atoms with Gasteiger partial charge in [-0.05, 0) is 18.9 Å². The summed E-state index contributed by atoms with van der Waals surface area (Å²) in [4.78, 5) is 36.0. The van der Waals surface area contributed by atoms with Crippen molar-refractivity contribution in [1.29, 1.82) is 0 Å². The third-order valence-electron chi connectivity index (χ3n) is 3.52. The van der Waals surface area contributed by atoms with Gasteiger partial charge in [0.25, 0.3) is 0 Å². The lowest BCUT2D eigenvalue weighted by Crippen LogP contribution is -2.50. The third-order valence-corrected chi connectivity index (χ3v) is 3.52. The van der Waals surface area contributed by atoms with E-state index in [1.807, 2.05) is 37.3 Å². The SMILES string of the molecule is CCCC(=O)NC(Cc1ccccc1)C(=O)NCC(=O)NC(C)CO. The van der Waals surface area contributed by atoms with Gasteiger partial charge in [0, 0.05) is 18.9 Å². The molecule has 3 amide bonds. The molecule has 2 atom stereocenters. The second-order valence-corrected chi connectivity index (χ2v) is 5.93. The highest BCUT2D eigenvalue weighted by molar-refractivity contribution is 5.90. The van der Waals surface area contributed by atoms with Crippen molar-refractivity contribution in [2.45, 2.75) is 45.2 Å². The highest BCUT2D eigenvalue weighted by Crippen LogP contribution is 2.04. The van der Waals surface area contributed by atoms with Crippen LogP contribution in [0.15, 0.2) is 30.3 Å². The molecule has 0 aliphatic carbocycles. The molecule has 1 aromatic carbocycles. The number of amides is 3. The van der Waals surface area contributed by atoms with Crippen LogP contribution >= 0.6 is 0 Å². The maximum atomic E-state index is 12.4. The summed E-state index contributed by atoms with van der Waals surface area (Å²) < 4.78 is 0. The lowest BCUT2D eigenvalue weighted by molar-refractivity contribution is -0.130. The third kappa shape index (κ3) is 8.30. The van der Waals surface area contributed by atoms with Crippen LogP contribution in [0.4, 0.5) is 0 Å². The predicted octanol–water partition coefficient (Wildman–Crippen LogP) is 0.127. The van der Waals surface area contributed by atoms with Crippen molar-refractivity contribution in [3.8, 4) is 0 Å². The summed E-state index contributed by atoms with van der Waals surface area (Å²) >= 11 is 0. The van der Waals surface area contributed by atoms with Crippen molar-refractivity contribution in [1.82, 2.24) is 16.0 Å². The van der Waals surface area contributed by atoms with Gasteiger partial charge in [-0.3, -0.25) is 14.4 Å². The van der Waals surface area contributed by atoms with E-state index in [9.17, 15) is 14.4 Å². The van der Waals surface area contributed by atoms with Crippen LogP contribution in [-0.2, 0) is 20.8 Å². The van der Waals surface area contributed by atoms with Crippen LogP contribution in [0.2, 0.25) is 0 Å². The van der Waals surface area contributed by atoms with Gasteiger partial charge in [-0.1, -0.05) is 37.3 Å². The average Bonchev–Trinajstić information content (AvgIpc) is 2.60. The Morgan fingerprint density at radius 3 is 2.36 bits per heavy atom. The molecule has 0 bridgehead atoms. The molecule has 0 heterocycles. The minimum atomic E-state index is -0.746. The van der Waals surface area contributed by atoms with Crippen LogP contribution in [-0.4, -0.2) is 48.1 Å². The molecule has 7 nitrogen and oxygen atoms in total. The molecule has 0 spiro atoms. The molecule has 0 aromatic heterocycles. The molecule has 0 saturated carbocycles. The van der Waals surface area contributed by atoms with Gasteiger partial charge in [0.1, 0.15) is 6.04 Å². The van der Waals surface area contributed by atoms with Crippen LogP contribution < -0.4 is 16.0 Å². The van der Waals surface area contributed by atoms with Gasteiger partial charge in [0.05, 0.1) is 13.2 Å². The smallest absolute Gasteiger partial charge is 0.243 e. The number of aliphatic hydroxyl groups excluding tert-OH is 1. The number of hydrogen-bond donors (Lipinski definition) is 4. The monoisotopic (exact) mass is 349 g/mol. The Morgan fingerprint density at radius 1 is 1.08 bits per heavy atom. The first-order valence-corrected chi connectivity index (χ1v) is 8.47. The fraction of sp³-hybridized carbons (Fsp3) is 0.500. The minimum absolute atomic E-state index is 0.177. The van der Waals surface area contributed by atoms with E-state index < -0.39 is 17.9 Å². The maximum Gasteiger partial charge on any atom is 0.243 e. The molecule has 1 aromatic rings. The van der Waals surface area contributed by atoms with Crippen molar-refractivity contribution in [2.75, 3.05) is 13.2 Å². The Morgan fingerprint density at radius 2 is 1.76 bits per heavy atom.